The molecule has 0 radical (unpaired) electrons. The highest BCUT2D eigenvalue weighted by molar-refractivity contribution is 6.22. The molecule has 5 rings (SSSR count). The summed E-state index contributed by atoms with van der Waals surface area (Å²) in [6.07, 6.45) is -0.0828. The number of aryl methyl sites for hydroxylation is 2. The number of carbonyl (C=O) groups is 3. The van der Waals surface area contributed by atoms with E-state index in [9.17, 15) is 34.8 Å². The number of primary amides is 1. The summed E-state index contributed by atoms with van der Waals surface area (Å²) in [7, 11) is 0. The van der Waals surface area contributed by atoms with Crippen molar-refractivity contribution in [2.45, 2.75) is 38.7 Å². The fourth-order valence-electron chi connectivity index (χ4n) is 5.72. The Morgan fingerprint density at radius 2 is 1.85 bits per heavy atom. The first kappa shape index (κ1) is 21.9. The van der Waals surface area contributed by atoms with Crippen LogP contribution in [0.4, 0.5) is 0 Å². The number of aliphatic hydroxyl groups excluding tert-OH is 2. The molecule has 3 atom stereocenters. The molecule has 3 aliphatic carbocycles. The molecule has 176 valence electrons. The molecule has 1 fully saturated rings. The summed E-state index contributed by atoms with van der Waals surface area (Å²) >= 11 is 0. The molecule has 0 spiro atoms. The van der Waals surface area contributed by atoms with Gasteiger partial charge in [-0.25, -0.2) is 0 Å². The van der Waals surface area contributed by atoms with Gasteiger partial charge in [0.05, 0.1) is 11.3 Å². The monoisotopic (exact) mass is 466 g/mol. The quantitative estimate of drug-likeness (QED) is 0.411. The molecule has 0 saturated heterocycles. The number of hydrogen-bond acceptors (Lipinski definition) is 9. The molecule has 1 aromatic carbocycles. The lowest BCUT2D eigenvalue weighted by atomic mass is 9.59. The van der Waals surface area contributed by atoms with Crippen LogP contribution in [0.25, 0.3) is 16.9 Å². The van der Waals surface area contributed by atoms with E-state index in [1.165, 1.54) is 6.07 Å². The summed E-state index contributed by atoms with van der Waals surface area (Å²) < 4.78 is 5.28. The highest BCUT2D eigenvalue weighted by Crippen LogP contribution is 2.53. The summed E-state index contributed by atoms with van der Waals surface area (Å²) in [6.45, 7) is 3.50. The number of aromatic nitrogens is 1. The third kappa shape index (κ3) is 2.65. The predicted octanol–water partition coefficient (Wildman–Crippen LogP) is 1.70. The van der Waals surface area contributed by atoms with Gasteiger partial charge in [-0.1, -0.05) is 11.2 Å². The molecule has 3 aliphatic rings. The Bertz CT molecular complexity index is 1360. The van der Waals surface area contributed by atoms with Crippen molar-refractivity contribution in [2.75, 3.05) is 0 Å². The number of ketones is 2. The van der Waals surface area contributed by atoms with E-state index in [-0.39, 0.29) is 36.1 Å². The Hall–Kier alpha value is -3.92. The lowest BCUT2D eigenvalue weighted by Crippen LogP contribution is -2.58. The number of hydrogen-bond donors (Lipinski definition) is 5. The second-order valence-electron chi connectivity index (χ2n) is 9.09. The predicted molar refractivity (Wildman–Crippen MR) is 116 cm³/mol. The van der Waals surface area contributed by atoms with E-state index in [0.29, 0.717) is 28.1 Å². The van der Waals surface area contributed by atoms with E-state index >= 15 is 0 Å². The summed E-state index contributed by atoms with van der Waals surface area (Å²) in [5.74, 6) is -6.01. The van der Waals surface area contributed by atoms with Gasteiger partial charge in [-0.15, -0.1) is 0 Å². The molecule has 0 aliphatic heterocycles. The van der Waals surface area contributed by atoms with Crippen molar-refractivity contribution in [3.05, 3.63) is 51.6 Å². The topological polar surface area (TPSA) is 184 Å². The molecule has 3 unspecified atom stereocenters. The first-order chi connectivity index (χ1) is 16.0. The summed E-state index contributed by atoms with van der Waals surface area (Å²) in [6, 6.07) is 3.06. The zero-order valence-electron chi connectivity index (χ0n) is 18.4. The summed E-state index contributed by atoms with van der Waals surface area (Å²) in [4.78, 5) is 37.7. The third-order valence-electron chi connectivity index (χ3n) is 7.25. The van der Waals surface area contributed by atoms with Crippen LogP contribution in [-0.4, -0.2) is 48.7 Å². The Morgan fingerprint density at radius 1 is 1.15 bits per heavy atom. The Labute approximate surface area is 193 Å². The summed E-state index contributed by atoms with van der Waals surface area (Å²) in [5.41, 5.74) is 4.20. The number of phenols is 1. The second kappa shape index (κ2) is 7.04. The lowest BCUT2D eigenvalue weighted by Gasteiger charge is -2.46. The van der Waals surface area contributed by atoms with E-state index in [1.807, 2.05) is 0 Å². The number of Topliss-reactive ketones (excluding diaryl/α,β-unsaturated/α-hetero) is 2. The highest BCUT2D eigenvalue weighted by atomic mass is 16.5. The van der Waals surface area contributed by atoms with Crippen LogP contribution in [0.3, 0.4) is 0 Å². The number of benzene rings is 1. The first-order valence-corrected chi connectivity index (χ1v) is 10.7. The standard InChI is InChI=1S/C24H22N2O8/c1-8-16(9(2)34-26-8)12-3-4-14(27)18-13(12)6-10-5-11-7-15(28)19(23(25)32)22(31)24(11,33)21(30)17(10)20(18)29/h3-4,10-11,27,29,31,33H,5-7H2,1-2H3,(H2,25,32). The number of rotatable bonds is 2. The van der Waals surface area contributed by atoms with Crippen LogP contribution in [0.2, 0.25) is 0 Å². The largest absolute Gasteiger partial charge is 0.508 e. The molecule has 1 heterocycles. The number of amides is 1. The van der Waals surface area contributed by atoms with E-state index < -0.39 is 52.0 Å². The van der Waals surface area contributed by atoms with Crippen LogP contribution in [0.5, 0.6) is 5.75 Å². The average molecular weight is 466 g/mol. The van der Waals surface area contributed by atoms with Crippen molar-refractivity contribution < 1.29 is 39.3 Å². The molecule has 10 heteroatoms. The Morgan fingerprint density at radius 3 is 2.47 bits per heavy atom. The van der Waals surface area contributed by atoms with Crippen molar-refractivity contribution in [1.82, 2.24) is 5.16 Å². The fourth-order valence-corrected chi connectivity index (χ4v) is 5.72. The van der Waals surface area contributed by atoms with Crippen molar-refractivity contribution in [1.29, 1.82) is 0 Å². The van der Waals surface area contributed by atoms with Gasteiger partial charge in [-0.3, -0.25) is 14.4 Å². The van der Waals surface area contributed by atoms with Crippen molar-refractivity contribution >= 4 is 23.2 Å². The van der Waals surface area contributed by atoms with Gasteiger partial charge in [0.2, 0.25) is 5.78 Å². The minimum absolute atomic E-state index is 0.0321. The van der Waals surface area contributed by atoms with Crippen molar-refractivity contribution in [2.24, 2.45) is 17.6 Å². The number of aliphatic hydroxyl groups is 3. The molecule has 0 bridgehead atoms. The number of nitrogens with two attached hydrogens (primary N) is 1. The SMILES string of the molecule is Cc1noc(C)c1-c1ccc(O)c2c1CC1CC3CC(=O)C(C(N)=O)=C(O)C3(O)C(=O)C1=C2O. The summed E-state index contributed by atoms with van der Waals surface area (Å²) in [5, 5.41) is 47.6. The van der Waals surface area contributed by atoms with Crippen LogP contribution in [-0.2, 0) is 20.8 Å². The molecule has 2 aromatic rings. The number of carbonyl (C=O) groups excluding carboxylic acids is 3. The molecule has 1 saturated carbocycles. The molecular weight excluding hydrogens is 444 g/mol. The van der Waals surface area contributed by atoms with E-state index in [0.717, 1.165) is 0 Å². The van der Waals surface area contributed by atoms with Gasteiger partial charge in [0, 0.05) is 23.5 Å². The lowest BCUT2D eigenvalue weighted by molar-refractivity contribution is -0.147. The molecule has 1 amide bonds. The number of fused-ring (bicyclic) bond motifs is 3. The molecular formula is C24H22N2O8. The van der Waals surface area contributed by atoms with Crippen LogP contribution >= 0.6 is 0 Å². The van der Waals surface area contributed by atoms with Gasteiger partial charge < -0.3 is 30.7 Å². The van der Waals surface area contributed by atoms with Crippen molar-refractivity contribution in [3.63, 3.8) is 0 Å². The zero-order valence-corrected chi connectivity index (χ0v) is 18.4. The van der Waals surface area contributed by atoms with Crippen LogP contribution in [0.15, 0.2) is 33.6 Å². The van der Waals surface area contributed by atoms with E-state index in [2.05, 4.69) is 5.16 Å². The third-order valence-corrected chi connectivity index (χ3v) is 7.25. The fraction of sp³-hybridized carbons (Fsp3) is 0.333. The zero-order chi connectivity index (χ0) is 24.7. The smallest absolute Gasteiger partial charge is 0.255 e. The van der Waals surface area contributed by atoms with Gasteiger partial charge >= 0.3 is 0 Å². The van der Waals surface area contributed by atoms with Gasteiger partial charge in [0.15, 0.2) is 11.4 Å². The molecule has 10 nitrogen and oxygen atoms in total. The van der Waals surface area contributed by atoms with Gasteiger partial charge in [0.1, 0.15) is 28.6 Å². The minimum atomic E-state index is -2.58. The van der Waals surface area contributed by atoms with Gasteiger partial charge in [-0.05, 0) is 49.8 Å². The van der Waals surface area contributed by atoms with Crippen LogP contribution in [0.1, 0.15) is 35.4 Å². The maximum atomic E-state index is 13.5. The van der Waals surface area contributed by atoms with E-state index in [4.69, 9.17) is 10.3 Å². The number of phenolic OH excluding ortho intramolecular Hbond substituents is 1. The number of nitrogens with zero attached hydrogens (tertiary/aromatic N) is 1. The average Bonchev–Trinajstić information content (AvgIpc) is 3.08. The minimum Gasteiger partial charge on any atom is -0.508 e. The second-order valence-corrected chi connectivity index (χ2v) is 9.09. The molecule has 34 heavy (non-hydrogen) atoms. The van der Waals surface area contributed by atoms with Crippen molar-refractivity contribution in [3.8, 4) is 16.9 Å². The van der Waals surface area contributed by atoms with Crippen LogP contribution in [0, 0.1) is 25.7 Å². The first-order valence-electron chi connectivity index (χ1n) is 10.7. The highest BCUT2D eigenvalue weighted by Gasteiger charge is 2.60. The normalized spacial score (nSPS) is 26.3. The molecule has 1 aromatic heterocycles. The maximum Gasteiger partial charge on any atom is 0.255 e. The van der Waals surface area contributed by atoms with Gasteiger partial charge in [0.25, 0.3) is 5.91 Å². The maximum absolute atomic E-state index is 13.5. The molecule has 6 N–H and O–H groups in total. The Balaban J connectivity index is 1.73. The van der Waals surface area contributed by atoms with Crippen LogP contribution < -0.4 is 5.73 Å². The van der Waals surface area contributed by atoms with E-state index in [1.54, 1.807) is 19.9 Å². The number of aromatic hydroxyl groups is 1. The Kier molecular flexibility index (Phi) is 4.53. The van der Waals surface area contributed by atoms with Gasteiger partial charge in [-0.2, -0.15) is 0 Å².